The summed E-state index contributed by atoms with van der Waals surface area (Å²) in [4.78, 5) is 72.9. The third-order valence-corrected chi connectivity index (χ3v) is 20.1. The fourth-order valence-corrected chi connectivity index (χ4v) is 13.3. The number of esters is 4. The second-order valence-corrected chi connectivity index (χ2v) is 31.8. The van der Waals surface area contributed by atoms with Crippen molar-refractivity contribution in [2.24, 2.45) is 17.8 Å². The summed E-state index contributed by atoms with van der Waals surface area (Å²) < 4.78 is 68.6. The first kappa shape index (κ1) is 94.1. The van der Waals surface area contributed by atoms with E-state index in [1.54, 1.807) is 0 Å². The van der Waals surface area contributed by atoms with Gasteiger partial charge < -0.3 is 33.8 Å². The van der Waals surface area contributed by atoms with E-state index in [0.29, 0.717) is 31.6 Å². The van der Waals surface area contributed by atoms with E-state index in [-0.39, 0.29) is 25.7 Å². The molecule has 3 unspecified atom stereocenters. The molecule has 0 amide bonds. The average Bonchev–Trinajstić information content (AvgIpc) is 1.47. The van der Waals surface area contributed by atoms with Crippen molar-refractivity contribution in [2.45, 2.75) is 414 Å². The molecule has 0 aromatic heterocycles. The number of carbonyl (C=O) groups excluding carboxylic acids is 4. The van der Waals surface area contributed by atoms with E-state index >= 15 is 0 Å². The standard InChI is InChI=1S/C77H150O17P2/c1-8-10-11-12-13-14-15-16-17-18-19-20-21-24-31-38-46-53-60-76(81)93-72(64-87-74(79)58-51-44-37-30-25-22-23-28-34-41-48-55-68(3)4)66-91-95(83,84)89-62-71(78)63-90-96(85,86)92-67-73(65-88-75(80)59-52-45-40-33-35-42-49-56-69(5)6)94-77(82)61-54-47-39-32-27-26-29-36-43-50-57-70(7)9-2/h68-73,78H,8-67H2,1-7H3,(H,83,84)(H,85,86)/t70?,71-,72-,73-/m1/s1. The molecule has 0 rings (SSSR count). The van der Waals surface area contributed by atoms with Gasteiger partial charge in [-0.25, -0.2) is 9.13 Å². The molecule has 6 atom stereocenters. The first-order valence-electron chi connectivity index (χ1n) is 39.9. The lowest BCUT2D eigenvalue weighted by Crippen LogP contribution is -2.30. The molecule has 0 aliphatic rings. The van der Waals surface area contributed by atoms with Crippen LogP contribution in [0.1, 0.15) is 395 Å². The number of unbranched alkanes of at least 4 members (excludes halogenated alkanes) is 42. The quantitative estimate of drug-likeness (QED) is 0.0222. The van der Waals surface area contributed by atoms with Crippen LogP contribution in [-0.2, 0) is 65.4 Å². The van der Waals surface area contributed by atoms with Crippen molar-refractivity contribution in [3.63, 3.8) is 0 Å². The zero-order valence-electron chi connectivity index (χ0n) is 62.8. The lowest BCUT2D eigenvalue weighted by Gasteiger charge is -2.21. The van der Waals surface area contributed by atoms with Crippen LogP contribution in [-0.4, -0.2) is 96.7 Å². The summed E-state index contributed by atoms with van der Waals surface area (Å²) in [7, 11) is -9.91. The van der Waals surface area contributed by atoms with Crippen LogP contribution in [0.2, 0.25) is 0 Å². The Morgan fingerprint density at radius 3 is 0.792 bits per heavy atom. The van der Waals surface area contributed by atoms with E-state index in [9.17, 15) is 43.2 Å². The van der Waals surface area contributed by atoms with Gasteiger partial charge in [-0.05, 0) is 43.4 Å². The first-order chi connectivity index (χ1) is 46.3. The summed E-state index contributed by atoms with van der Waals surface area (Å²) in [6.07, 6.45) is 54.1. The summed E-state index contributed by atoms with van der Waals surface area (Å²) >= 11 is 0. The molecular formula is C77H150O17P2. The summed E-state index contributed by atoms with van der Waals surface area (Å²) in [5.74, 6) is 0.162. The monoisotopic (exact) mass is 1410 g/mol. The molecule has 0 aromatic rings. The van der Waals surface area contributed by atoms with Crippen LogP contribution in [0, 0.1) is 17.8 Å². The van der Waals surface area contributed by atoms with Crippen LogP contribution < -0.4 is 0 Å². The van der Waals surface area contributed by atoms with E-state index < -0.39 is 97.5 Å². The average molecular weight is 1410 g/mol. The van der Waals surface area contributed by atoms with Crippen molar-refractivity contribution in [1.29, 1.82) is 0 Å². The Hall–Kier alpha value is -1.94. The lowest BCUT2D eigenvalue weighted by molar-refractivity contribution is -0.161. The zero-order valence-corrected chi connectivity index (χ0v) is 64.6. The maximum absolute atomic E-state index is 13.1. The van der Waals surface area contributed by atoms with Crippen LogP contribution in [0.4, 0.5) is 0 Å². The van der Waals surface area contributed by atoms with Crippen molar-refractivity contribution >= 4 is 39.5 Å². The minimum Gasteiger partial charge on any atom is -0.462 e. The van der Waals surface area contributed by atoms with Crippen LogP contribution in [0.5, 0.6) is 0 Å². The van der Waals surface area contributed by atoms with Gasteiger partial charge in [0, 0.05) is 25.7 Å². The number of phosphoric ester groups is 2. The summed E-state index contributed by atoms with van der Waals surface area (Å²) in [6.45, 7) is 11.9. The van der Waals surface area contributed by atoms with Crippen LogP contribution >= 0.6 is 15.6 Å². The van der Waals surface area contributed by atoms with Crippen molar-refractivity contribution in [2.75, 3.05) is 39.6 Å². The zero-order chi connectivity index (χ0) is 70.9. The van der Waals surface area contributed by atoms with E-state index in [4.69, 9.17) is 37.0 Å². The maximum atomic E-state index is 13.1. The van der Waals surface area contributed by atoms with Gasteiger partial charge in [0.2, 0.25) is 0 Å². The summed E-state index contributed by atoms with van der Waals surface area (Å²) in [5.41, 5.74) is 0. The molecule has 0 aromatic carbocycles. The number of rotatable bonds is 75. The van der Waals surface area contributed by atoms with Gasteiger partial charge in [0.15, 0.2) is 12.2 Å². The Bertz CT molecular complexity index is 1870. The Morgan fingerprint density at radius 1 is 0.302 bits per heavy atom. The Kier molecular flexibility index (Phi) is 66.2. The van der Waals surface area contributed by atoms with Gasteiger partial charge in [0.1, 0.15) is 19.3 Å². The molecule has 0 radical (unpaired) electrons. The number of hydrogen-bond donors (Lipinski definition) is 3. The van der Waals surface area contributed by atoms with Gasteiger partial charge >= 0.3 is 39.5 Å². The van der Waals surface area contributed by atoms with Gasteiger partial charge in [-0.2, -0.15) is 0 Å². The number of ether oxygens (including phenoxy) is 4. The fraction of sp³-hybridized carbons (Fsp3) is 0.948. The second-order valence-electron chi connectivity index (χ2n) is 28.9. The van der Waals surface area contributed by atoms with Crippen LogP contribution in [0.15, 0.2) is 0 Å². The Morgan fingerprint density at radius 2 is 0.531 bits per heavy atom. The number of aliphatic hydroxyl groups is 1. The van der Waals surface area contributed by atoms with E-state index in [1.165, 1.54) is 199 Å². The second kappa shape index (κ2) is 67.5. The minimum atomic E-state index is -4.96. The minimum absolute atomic E-state index is 0.105. The molecule has 96 heavy (non-hydrogen) atoms. The topological polar surface area (TPSA) is 237 Å². The number of carbonyl (C=O) groups is 4. The Balaban J connectivity index is 5.25. The van der Waals surface area contributed by atoms with Gasteiger partial charge in [0.25, 0.3) is 0 Å². The lowest BCUT2D eigenvalue weighted by atomic mass is 9.99. The molecule has 0 fully saturated rings. The highest BCUT2D eigenvalue weighted by molar-refractivity contribution is 7.47. The van der Waals surface area contributed by atoms with E-state index in [0.717, 1.165) is 108 Å². The normalized spacial score (nSPS) is 14.3. The highest BCUT2D eigenvalue weighted by Gasteiger charge is 2.30. The van der Waals surface area contributed by atoms with E-state index in [2.05, 4.69) is 48.5 Å². The molecule has 0 bridgehead atoms. The van der Waals surface area contributed by atoms with Crippen molar-refractivity contribution in [3.8, 4) is 0 Å². The van der Waals surface area contributed by atoms with Crippen LogP contribution in [0.25, 0.3) is 0 Å². The largest absolute Gasteiger partial charge is 0.472 e. The maximum Gasteiger partial charge on any atom is 0.472 e. The summed E-state index contributed by atoms with van der Waals surface area (Å²) in [6, 6.07) is 0. The molecule has 0 saturated carbocycles. The molecule has 0 saturated heterocycles. The van der Waals surface area contributed by atoms with E-state index in [1.807, 2.05) is 0 Å². The Labute approximate surface area is 588 Å². The molecule has 570 valence electrons. The SMILES string of the molecule is CCCCCCCCCCCCCCCCCCCCC(=O)O[C@H](COC(=O)CCCCCCCCCCCCCC(C)C)COP(=O)(O)OC[C@@H](O)COP(=O)(O)OC[C@@H](COC(=O)CCCCCCCCCC(C)C)OC(=O)CCCCCCCCCCCCC(C)CC. The number of phosphoric acid groups is 2. The summed E-state index contributed by atoms with van der Waals surface area (Å²) in [5, 5.41) is 10.6. The highest BCUT2D eigenvalue weighted by Crippen LogP contribution is 2.45. The molecular weight excluding hydrogens is 1260 g/mol. The molecule has 3 N–H and O–H groups in total. The van der Waals surface area contributed by atoms with Crippen LogP contribution in [0.3, 0.4) is 0 Å². The first-order valence-corrected chi connectivity index (χ1v) is 42.9. The molecule has 0 aliphatic carbocycles. The molecule has 19 heteroatoms. The van der Waals surface area contributed by atoms with Crippen molar-refractivity contribution in [1.82, 2.24) is 0 Å². The third kappa shape index (κ3) is 69.2. The van der Waals surface area contributed by atoms with Gasteiger partial charge in [-0.3, -0.25) is 37.3 Å². The predicted octanol–water partition coefficient (Wildman–Crippen LogP) is 22.6. The smallest absolute Gasteiger partial charge is 0.462 e. The molecule has 17 nitrogen and oxygen atoms in total. The third-order valence-electron chi connectivity index (χ3n) is 18.2. The van der Waals surface area contributed by atoms with Gasteiger partial charge in [-0.1, -0.05) is 344 Å². The molecule has 0 spiro atoms. The van der Waals surface area contributed by atoms with Gasteiger partial charge in [-0.15, -0.1) is 0 Å². The predicted molar refractivity (Wildman–Crippen MR) is 391 cm³/mol. The highest BCUT2D eigenvalue weighted by atomic mass is 31.2. The molecule has 0 aliphatic heterocycles. The number of aliphatic hydroxyl groups excluding tert-OH is 1. The molecule has 0 heterocycles. The van der Waals surface area contributed by atoms with Gasteiger partial charge in [0.05, 0.1) is 26.4 Å². The van der Waals surface area contributed by atoms with Crippen molar-refractivity contribution < 1.29 is 80.2 Å². The fourth-order valence-electron chi connectivity index (χ4n) is 11.7. The van der Waals surface area contributed by atoms with Crippen molar-refractivity contribution in [3.05, 3.63) is 0 Å². The number of hydrogen-bond acceptors (Lipinski definition) is 15.